The molecular formula is C29H47N5O2. The average molecular weight is 498 g/mol. The third-order valence-electron chi connectivity index (χ3n) is 5.95. The van der Waals surface area contributed by atoms with Gasteiger partial charge >= 0.3 is 0 Å². The van der Waals surface area contributed by atoms with Crippen molar-refractivity contribution in [2.75, 3.05) is 69.5 Å². The first-order chi connectivity index (χ1) is 17.5. The van der Waals surface area contributed by atoms with Gasteiger partial charge in [0.05, 0.1) is 18.9 Å². The molecule has 0 unspecified atom stereocenters. The topological polar surface area (TPSA) is 53.4 Å². The molecule has 0 atom stereocenters. The van der Waals surface area contributed by atoms with Gasteiger partial charge in [0.25, 0.3) is 0 Å². The Labute approximate surface area is 219 Å². The predicted molar refractivity (Wildman–Crippen MR) is 153 cm³/mol. The number of benzene rings is 1. The monoisotopic (exact) mass is 497 g/mol. The highest BCUT2D eigenvalue weighted by atomic mass is 16.5. The van der Waals surface area contributed by atoms with Crippen molar-refractivity contribution >= 4 is 17.2 Å². The largest absolute Gasteiger partial charge is 0.476 e. The Morgan fingerprint density at radius 3 is 2.42 bits per heavy atom. The van der Waals surface area contributed by atoms with Crippen molar-refractivity contribution in [1.82, 2.24) is 9.88 Å². The van der Waals surface area contributed by atoms with Crippen LogP contribution in [-0.4, -0.2) is 75.2 Å². The highest BCUT2D eigenvalue weighted by Gasteiger charge is 2.14. The van der Waals surface area contributed by atoms with Crippen LogP contribution in [0.2, 0.25) is 0 Å². The van der Waals surface area contributed by atoms with Gasteiger partial charge in [-0.2, -0.15) is 10.1 Å². The Bertz CT molecular complexity index is 922. The van der Waals surface area contributed by atoms with Crippen LogP contribution in [0.25, 0.3) is 0 Å². The van der Waals surface area contributed by atoms with E-state index in [0.717, 1.165) is 81.6 Å². The summed E-state index contributed by atoms with van der Waals surface area (Å²) < 4.78 is 11.6. The van der Waals surface area contributed by atoms with Gasteiger partial charge < -0.3 is 14.4 Å². The van der Waals surface area contributed by atoms with E-state index in [-0.39, 0.29) is 0 Å². The van der Waals surface area contributed by atoms with Crippen LogP contribution in [0.3, 0.4) is 0 Å². The fourth-order valence-electron chi connectivity index (χ4n) is 4.12. The van der Waals surface area contributed by atoms with E-state index >= 15 is 0 Å². The maximum Gasteiger partial charge on any atom is 0.217 e. The van der Waals surface area contributed by atoms with Crippen molar-refractivity contribution in [1.29, 1.82) is 0 Å². The summed E-state index contributed by atoms with van der Waals surface area (Å²) >= 11 is 0. The molecule has 7 heteroatoms. The first kappa shape index (κ1) is 29.6. The van der Waals surface area contributed by atoms with E-state index in [9.17, 15) is 0 Å². The van der Waals surface area contributed by atoms with Gasteiger partial charge in [-0.25, -0.2) is 0 Å². The zero-order valence-electron chi connectivity index (χ0n) is 23.6. The molecule has 0 saturated carbocycles. The Kier molecular flexibility index (Phi) is 13.3. The molecule has 0 bridgehead atoms. The van der Waals surface area contributed by atoms with Crippen molar-refractivity contribution in [3.8, 4) is 5.88 Å². The lowest BCUT2D eigenvalue weighted by Crippen LogP contribution is -2.38. The van der Waals surface area contributed by atoms with Gasteiger partial charge in [0.1, 0.15) is 6.61 Å². The Morgan fingerprint density at radius 2 is 1.78 bits per heavy atom. The molecule has 0 radical (unpaired) electrons. The molecule has 2 heterocycles. The lowest BCUT2D eigenvalue weighted by Gasteiger charge is -2.27. The molecule has 0 N–H and O–H groups in total. The van der Waals surface area contributed by atoms with E-state index in [1.807, 2.05) is 32.8 Å². The molecular weight excluding hydrogens is 450 g/mol. The maximum absolute atomic E-state index is 6.16. The third-order valence-corrected chi connectivity index (χ3v) is 5.95. The predicted octanol–water partition coefficient (Wildman–Crippen LogP) is 5.61. The molecule has 1 aliphatic heterocycles. The first-order valence-corrected chi connectivity index (χ1v) is 13.6. The molecule has 1 aromatic carbocycles. The van der Waals surface area contributed by atoms with E-state index < -0.39 is 0 Å². The number of hydrazone groups is 1. The lowest BCUT2D eigenvalue weighted by atomic mass is 10.1. The summed E-state index contributed by atoms with van der Waals surface area (Å²) in [4.78, 5) is 9.59. The van der Waals surface area contributed by atoms with Gasteiger partial charge in [-0.3, -0.25) is 9.91 Å². The standard InChI is InChI=1S/C27H41N5O2.C2H6/c1-6-11-32(12-7-2)25-20-26(30(5)29-23(4)24-10-8-9-22(3)19-24)28-27(21-25)34-18-15-31-13-16-33-17-14-31;1-2/h8-10,19-21H,6-7,11-18H2,1-5H3;1-2H3/b29-23+;. The van der Waals surface area contributed by atoms with E-state index in [1.54, 1.807) is 0 Å². The van der Waals surface area contributed by atoms with Crippen LogP contribution in [0.15, 0.2) is 41.5 Å². The van der Waals surface area contributed by atoms with E-state index in [2.05, 4.69) is 67.0 Å². The quantitative estimate of drug-likeness (QED) is 0.280. The number of hydrogen-bond acceptors (Lipinski definition) is 7. The molecule has 7 nitrogen and oxygen atoms in total. The van der Waals surface area contributed by atoms with Crippen molar-refractivity contribution < 1.29 is 9.47 Å². The maximum atomic E-state index is 6.16. The summed E-state index contributed by atoms with van der Waals surface area (Å²) in [5.74, 6) is 1.43. The van der Waals surface area contributed by atoms with Gasteiger partial charge in [0.2, 0.25) is 5.88 Å². The van der Waals surface area contributed by atoms with Crippen LogP contribution >= 0.6 is 0 Å². The SMILES string of the molecule is CC.CCCN(CCC)c1cc(OCCN2CCOCC2)nc(N(C)/N=C(\C)c2cccc(C)c2)c1. The fourth-order valence-corrected chi connectivity index (χ4v) is 4.12. The van der Waals surface area contributed by atoms with Crippen molar-refractivity contribution in [2.24, 2.45) is 5.10 Å². The minimum Gasteiger partial charge on any atom is -0.476 e. The van der Waals surface area contributed by atoms with Gasteiger partial charge in [-0.15, -0.1) is 0 Å². The second kappa shape index (κ2) is 16.2. The van der Waals surface area contributed by atoms with Gasteiger partial charge in [0.15, 0.2) is 5.82 Å². The van der Waals surface area contributed by atoms with Crippen molar-refractivity contribution in [3.63, 3.8) is 0 Å². The molecule has 0 spiro atoms. The molecule has 1 aromatic heterocycles. The molecule has 0 aliphatic carbocycles. The first-order valence-electron chi connectivity index (χ1n) is 13.6. The molecule has 200 valence electrons. The molecule has 1 saturated heterocycles. The van der Waals surface area contributed by atoms with Gasteiger partial charge in [-0.1, -0.05) is 57.5 Å². The number of hydrogen-bond donors (Lipinski definition) is 0. The number of pyridine rings is 1. The summed E-state index contributed by atoms with van der Waals surface area (Å²) in [5, 5.41) is 6.69. The second-order valence-corrected chi connectivity index (χ2v) is 8.89. The molecule has 2 aromatic rings. The highest BCUT2D eigenvalue weighted by Crippen LogP contribution is 2.27. The normalized spacial score (nSPS) is 14.1. The van der Waals surface area contributed by atoms with Crippen molar-refractivity contribution in [2.45, 2.75) is 54.4 Å². The molecule has 0 amide bonds. The minimum absolute atomic E-state index is 0.604. The zero-order valence-corrected chi connectivity index (χ0v) is 23.6. The fraction of sp³-hybridized carbons (Fsp3) is 0.586. The van der Waals surface area contributed by atoms with Crippen LogP contribution in [0.4, 0.5) is 11.5 Å². The Balaban J connectivity index is 0.00000222. The molecule has 3 rings (SSSR count). The number of morpholine rings is 1. The summed E-state index contributed by atoms with van der Waals surface area (Å²) in [6.07, 6.45) is 2.18. The summed E-state index contributed by atoms with van der Waals surface area (Å²) in [6.45, 7) is 19.5. The third kappa shape index (κ3) is 9.43. The van der Waals surface area contributed by atoms with E-state index in [1.165, 1.54) is 5.56 Å². The smallest absolute Gasteiger partial charge is 0.217 e. The van der Waals surface area contributed by atoms with Crippen LogP contribution in [0.5, 0.6) is 5.88 Å². The number of nitrogens with zero attached hydrogens (tertiary/aromatic N) is 5. The molecule has 1 fully saturated rings. The Morgan fingerprint density at radius 1 is 1.08 bits per heavy atom. The zero-order chi connectivity index (χ0) is 26.3. The summed E-state index contributed by atoms with van der Waals surface area (Å²) in [6, 6.07) is 12.6. The number of anilines is 2. The number of rotatable bonds is 12. The molecule has 36 heavy (non-hydrogen) atoms. The average Bonchev–Trinajstić information content (AvgIpc) is 2.90. The number of ether oxygens (including phenoxy) is 2. The lowest BCUT2D eigenvalue weighted by molar-refractivity contribution is 0.0320. The summed E-state index contributed by atoms with van der Waals surface area (Å²) in [7, 11) is 1.95. The van der Waals surface area contributed by atoms with Gasteiger partial charge in [0, 0.05) is 57.6 Å². The van der Waals surface area contributed by atoms with Crippen LogP contribution < -0.4 is 14.6 Å². The van der Waals surface area contributed by atoms with Crippen molar-refractivity contribution in [3.05, 3.63) is 47.5 Å². The Hall–Kier alpha value is -2.64. The van der Waals surface area contributed by atoms with Gasteiger partial charge in [-0.05, 0) is 32.3 Å². The van der Waals surface area contributed by atoms with Crippen LogP contribution in [0.1, 0.15) is 58.6 Å². The summed E-state index contributed by atoms with van der Waals surface area (Å²) in [5.41, 5.74) is 4.42. The van der Waals surface area contributed by atoms with E-state index in [0.29, 0.717) is 12.5 Å². The minimum atomic E-state index is 0.604. The second-order valence-electron chi connectivity index (χ2n) is 8.89. The van der Waals surface area contributed by atoms with E-state index in [4.69, 9.17) is 19.6 Å². The molecule has 1 aliphatic rings. The van der Waals surface area contributed by atoms with Crippen LogP contribution in [-0.2, 0) is 4.74 Å². The number of aryl methyl sites for hydroxylation is 1. The highest BCUT2D eigenvalue weighted by molar-refractivity contribution is 5.99. The number of aromatic nitrogens is 1. The van der Waals surface area contributed by atoms with Crippen LogP contribution in [0, 0.1) is 6.92 Å².